The number of aliphatic carboxylic acids is 2. The molecule has 2 heterocycles. The molecule has 6 atom stereocenters. The van der Waals surface area contributed by atoms with Gasteiger partial charge in [0.15, 0.2) is 11.6 Å². The highest BCUT2D eigenvalue weighted by Gasteiger charge is 2.80. The van der Waals surface area contributed by atoms with Crippen molar-refractivity contribution in [2.45, 2.75) is 50.4 Å². The maximum Gasteiger partial charge on any atom is 0.342 e. The maximum absolute atomic E-state index is 15.2. The molecule has 1 aromatic heterocycles. The first-order valence-electron chi connectivity index (χ1n) is 14.8. The lowest BCUT2D eigenvalue weighted by Crippen LogP contribution is -2.57. The highest BCUT2D eigenvalue weighted by Crippen LogP contribution is 2.70. The number of carboxylic acids is 2. The van der Waals surface area contributed by atoms with Crippen molar-refractivity contribution < 1.29 is 63.4 Å². The van der Waals surface area contributed by atoms with Crippen molar-refractivity contribution in [1.29, 1.82) is 0 Å². The highest BCUT2D eigenvalue weighted by molar-refractivity contribution is 6.19. The minimum atomic E-state index is -2.04. The predicted molar refractivity (Wildman–Crippen MR) is 158 cm³/mol. The fraction of sp³-hybridized carbons (Fsp3) is 0.364. The molecule has 1 fully saturated rings. The molecule has 1 saturated carbocycles. The third kappa shape index (κ3) is 3.43. The van der Waals surface area contributed by atoms with Crippen molar-refractivity contribution in [1.82, 2.24) is 4.57 Å². The number of fused-ring (bicyclic) bond motifs is 4. The van der Waals surface area contributed by atoms with Gasteiger partial charge in [0.1, 0.15) is 41.4 Å². The van der Waals surface area contributed by atoms with E-state index in [4.69, 9.17) is 14.2 Å². The molecule has 0 saturated heterocycles. The Morgan fingerprint density at radius 2 is 1.65 bits per heavy atom. The lowest BCUT2D eigenvalue weighted by Gasteiger charge is -2.47. The molecule has 1 aliphatic heterocycles. The van der Waals surface area contributed by atoms with E-state index in [-0.39, 0.29) is 38.8 Å². The molecule has 0 radical (unpaired) electrons. The van der Waals surface area contributed by atoms with Crippen LogP contribution in [0.3, 0.4) is 0 Å². The average Bonchev–Trinajstić information content (AvgIpc) is 3.17. The summed E-state index contributed by atoms with van der Waals surface area (Å²) in [7, 11) is 1.22. The van der Waals surface area contributed by atoms with Crippen LogP contribution in [-0.4, -0.2) is 80.3 Å². The van der Waals surface area contributed by atoms with Crippen molar-refractivity contribution in [2.75, 3.05) is 13.7 Å². The summed E-state index contributed by atoms with van der Waals surface area (Å²) in [5.74, 6) is -10.9. The SMILES string of the molecule is CO[C@@]12c3c(C)cc(O)c4c(=O)n([C@@H](CC(=O)O)C(=O)O)cc(c34)C(=O)[C@@H]1[C@]13COC(=O)c4c(O)cc(C)c(c41)C(=O)[C@H]2[C@@H]3OC(C)=O. The Morgan fingerprint density at radius 3 is 2.25 bits per heavy atom. The van der Waals surface area contributed by atoms with Gasteiger partial charge in [0.25, 0.3) is 5.56 Å². The fourth-order valence-electron chi connectivity index (χ4n) is 8.96. The van der Waals surface area contributed by atoms with Crippen LogP contribution in [0.2, 0.25) is 0 Å². The number of Topliss-reactive ketones (excluding diaryl/α,β-unsaturated/α-hetero) is 2. The first-order valence-corrected chi connectivity index (χ1v) is 14.8. The number of cyclic esters (lactones) is 1. The number of aryl methyl sites for hydroxylation is 2. The van der Waals surface area contributed by atoms with E-state index in [0.29, 0.717) is 4.57 Å². The van der Waals surface area contributed by atoms with Gasteiger partial charge >= 0.3 is 23.9 Å². The molecule has 0 unspecified atom stereocenters. The first kappa shape index (κ1) is 31.1. The molecule has 15 heteroatoms. The van der Waals surface area contributed by atoms with E-state index in [1.807, 2.05) is 0 Å². The summed E-state index contributed by atoms with van der Waals surface area (Å²) in [5.41, 5.74) is -5.23. The number of esters is 2. The summed E-state index contributed by atoms with van der Waals surface area (Å²) >= 11 is 0. The number of pyridine rings is 1. The number of rotatable bonds is 6. The van der Waals surface area contributed by atoms with Gasteiger partial charge in [-0.25, -0.2) is 9.59 Å². The van der Waals surface area contributed by atoms with Gasteiger partial charge in [0.05, 0.1) is 29.1 Å². The minimum absolute atomic E-state index is 0.00446. The van der Waals surface area contributed by atoms with Gasteiger partial charge in [-0.2, -0.15) is 0 Å². The number of carboxylic acid groups (broad SMARTS) is 2. The number of carbonyl (C=O) groups is 6. The van der Waals surface area contributed by atoms with Crippen LogP contribution in [0.25, 0.3) is 10.8 Å². The standard InChI is InChI=1S/C33H27NO14/c1-10-5-16(37)21-23-18(10)26(41)24-28(48-12(3)35)32(23,9-47-31(21)45)27-25(40)13-8-34(14(30(43)44)7-17(38)39)29(42)20-15(36)6-11(2)22(19(13)20)33(24,27)46-4/h5-6,8,14,24,27-28,36-37H,7,9H2,1-4H3,(H,38,39)(H,43,44)/t14-,24-,27+,28-,32-,33+/m0/s1. The molecule has 7 rings (SSSR count). The topological polar surface area (TPSA) is 233 Å². The molecule has 48 heavy (non-hydrogen) atoms. The zero-order valence-electron chi connectivity index (χ0n) is 25.8. The van der Waals surface area contributed by atoms with Crippen LogP contribution in [0.15, 0.2) is 23.1 Å². The molecule has 2 aromatic carbocycles. The lowest BCUT2D eigenvalue weighted by atomic mass is 9.59. The first-order chi connectivity index (χ1) is 22.6. The zero-order valence-corrected chi connectivity index (χ0v) is 25.8. The average molecular weight is 662 g/mol. The van der Waals surface area contributed by atoms with E-state index in [1.54, 1.807) is 0 Å². The van der Waals surface area contributed by atoms with Gasteiger partial charge in [-0.15, -0.1) is 0 Å². The number of methoxy groups -OCH3 is 1. The van der Waals surface area contributed by atoms with Crippen LogP contribution in [0, 0.1) is 25.7 Å². The van der Waals surface area contributed by atoms with Crippen LogP contribution in [0.5, 0.6) is 11.5 Å². The Labute approximate surface area is 269 Å². The minimum Gasteiger partial charge on any atom is -0.507 e. The number of ether oxygens (including phenoxy) is 3. The molecule has 1 spiro atoms. The summed E-state index contributed by atoms with van der Waals surface area (Å²) in [4.78, 5) is 93.8. The normalized spacial score (nSPS) is 26.8. The number of carbonyl (C=O) groups excluding carboxylic acids is 4. The van der Waals surface area contributed by atoms with E-state index >= 15 is 4.79 Å². The molecule has 15 nitrogen and oxygen atoms in total. The van der Waals surface area contributed by atoms with Crippen molar-refractivity contribution >= 4 is 46.2 Å². The van der Waals surface area contributed by atoms with Crippen LogP contribution in [-0.2, 0) is 39.6 Å². The van der Waals surface area contributed by atoms with E-state index in [2.05, 4.69) is 0 Å². The molecule has 4 aliphatic rings. The van der Waals surface area contributed by atoms with Crippen molar-refractivity contribution in [3.05, 3.63) is 67.6 Å². The third-order valence-electron chi connectivity index (χ3n) is 10.4. The van der Waals surface area contributed by atoms with E-state index < -0.39 is 111 Å². The second-order valence-corrected chi connectivity index (χ2v) is 12.7. The molecule has 248 valence electrons. The number of hydrogen-bond acceptors (Lipinski definition) is 12. The lowest BCUT2D eigenvalue weighted by molar-refractivity contribution is -0.154. The Kier molecular flexibility index (Phi) is 6.29. The molecule has 0 amide bonds. The van der Waals surface area contributed by atoms with Crippen molar-refractivity contribution in [3.63, 3.8) is 0 Å². The summed E-state index contributed by atoms with van der Waals surface area (Å²) < 4.78 is 18.3. The van der Waals surface area contributed by atoms with Gasteiger partial charge in [-0.05, 0) is 48.2 Å². The summed E-state index contributed by atoms with van der Waals surface area (Å²) in [5, 5.41) is 40.9. The number of phenolic OH excluding ortho intramolecular Hbond substituents is 2. The number of phenols is 2. The van der Waals surface area contributed by atoms with Crippen LogP contribution < -0.4 is 5.56 Å². The van der Waals surface area contributed by atoms with Crippen LogP contribution >= 0.6 is 0 Å². The van der Waals surface area contributed by atoms with E-state index in [0.717, 1.165) is 13.1 Å². The molecule has 4 N–H and O–H groups in total. The molecular formula is C33H27NO14. The van der Waals surface area contributed by atoms with Crippen molar-refractivity contribution in [2.24, 2.45) is 11.8 Å². The maximum atomic E-state index is 15.2. The smallest absolute Gasteiger partial charge is 0.342 e. The zero-order chi connectivity index (χ0) is 34.9. The number of nitrogens with zero attached hydrogens (tertiary/aromatic N) is 1. The van der Waals surface area contributed by atoms with Crippen LogP contribution in [0.4, 0.5) is 0 Å². The van der Waals surface area contributed by atoms with E-state index in [9.17, 15) is 49.2 Å². The number of hydrogen-bond donors (Lipinski definition) is 4. The fourth-order valence-corrected chi connectivity index (χ4v) is 8.96. The van der Waals surface area contributed by atoms with Gasteiger partial charge in [-0.1, -0.05) is 0 Å². The van der Waals surface area contributed by atoms with Crippen LogP contribution in [0.1, 0.15) is 72.7 Å². The number of aromatic nitrogens is 1. The monoisotopic (exact) mass is 661 g/mol. The molecule has 3 aromatic rings. The van der Waals surface area contributed by atoms with Gasteiger partial charge < -0.3 is 34.6 Å². The Bertz CT molecular complexity index is 2180. The largest absolute Gasteiger partial charge is 0.507 e. The van der Waals surface area contributed by atoms with Gasteiger partial charge in [0, 0.05) is 36.7 Å². The summed E-state index contributed by atoms with van der Waals surface area (Å²) in [6.07, 6.45) is -1.67. The predicted octanol–water partition coefficient (Wildman–Crippen LogP) is 1.65. The van der Waals surface area contributed by atoms with E-state index in [1.165, 1.54) is 33.1 Å². The van der Waals surface area contributed by atoms with Gasteiger partial charge in [0.2, 0.25) is 0 Å². The summed E-state index contributed by atoms with van der Waals surface area (Å²) in [6.45, 7) is 3.54. The Hall–Kier alpha value is -5.57. The number of ketones is 2. The van der Waals surface area contributed by atoms with Gasteiger partial charge in [-0.3, -0.25) is 28.5 Å². The molecular weight excluding hydrogens is 634 g/mol. The second kappa shape index (κ2) is 9.73. The number of benzene rings is 2. The molecule has 3 aliphatic carbocycles. The second-order valence-electron chi connectivity index (χ2n) is 12.7. The quantitative estimate of drug-likeness (QED) is 0.275. The molecule has 2 bridgehead atoms. The summed E-state index contributed by atoms with van der Waals surface area (Å²) in [6, 6.07) is 0.388. The van der Waals surface area contributed by atoms with Crippen molar-refractivity contribution in [3.8, 4) is 11.5 Å². The highest BCUT2D eigenvalue weighted by atomic mass is 16.6. The Balaban J connectivity index is 1.69. The Morgan fingerprint density at radius 1 is 0.979 bits per heavy atom. The third-order valence-corrected chi connectivity index (χ3v) is 10.4. The number of aromatic hydroxyl groups is 2.